The molecule has 0 atom stereocenters. The van der Waals surface area contributed by atoms with Crippen LogP contribution in [0.15, 0.2) is 53.3 Å². The largest absolute Gasteiger partial charge is 0.314 e. The van der Waals surface area contributed by atoms with E-state index in [0.717, 1.165) is 22.1 Å². The molecule has 2 aromatic rings. The van der Waals surface area contributed by atoms with Crippen molar-refractivity contribution < 1.29 is 4.79 Å². The normalized spacial score (nSPS) is 10.2. The maximum atomic E-state index is 12.1. The van der Waals surface area contributed by atoms with Crippen LogP contribution in [-0.2, 0) is 11.2 Å². The van der Waals surface area contributed by atoms with Crippen molar-refractivity contribution >= 4 is 27.5 Å². The molecule has 98 valence electrons. The number of aryl methyl sites for hydroxylation is 1. The molecule has 0 fully saturated rings. The fourth-order valence-corrected chi connectivity index (χ4v) is 2.03. The predicted octanol–water partition coefficient (Wildman–Crippen LogP) is 3.44. The molecule has 0 N–H and O–H groups in total. The van der Waals surface area contributed by atoms with Crippen molar-refractivity contribution in [3.8, 4) is 0 Å². The minimum atomic E-state index is 0.0934. The van der Waals surface area contributed by atoms with Crippen LogP contribution in [0.1, 0.15) is 12.0 Å². The van der Waals surface area contributed by atoms with Gasteiger partial charge in [-0.25, -0.2) is 0 Å². The maximum Gasteiger partial charge on any atom is 0.227 e. The predicted molar refractivity (Wildman–Crippen MR) is 80.1 cm³/mol. The Balaban J connectivity index is 1.93. The first-order valence-electron chi connectivity index (χ1n) is 6.08. The summed E-state index contributed by atoms with van der Waals surface area (Å²) in [7, 11) is 1.78. The minimum absolute atomic E-state index is 0.0934. The molecule has 4 heteroatoms. The third kappa shape index (κ3) is 3.89. The van der Waals surface area contributed by atoms with E-state index in [2.05, 4.69) is 20.9 Å². The van der Waals surface area contributed by atoms with Crippen molar-refractivity contribution in [3.05, 3.63) is 58.8 Å². The van der Waals surface area contributed by atoms with E-state index in [1.165, 1.54) is 0 Å². The van der Waals surface area contributed by atoms with Crippen LogP contribution in [0.5, 0.6) is 0 Å². The molecule has 0 bridgehead atoms. The van der Waals surface area contributed by atoms with E-state index >= 15 is 0 Å². The number of amides is 1. The topological polar surface area (TPSA) is 33.2 Å². The molecule has 0 saturated heterocycles. The fourth-order valence-electron chi connectivity index (χ4n) is 1.77. The van der Waals surface area contributed by atoms with Crippen molar-refractivity contribution in [3.63, 3.8) is 0 Å². The van der Waals surface area contributed by atoms with E-state index in [-0.39, 0.29) is 5.91 Å². The third-order valence-corrected chi connectivity index (χ3v) is 3.48. The Labute approximate surface area is 121 Å². The number of anilines is 1. The molecule has 0 radical (unpaired) electrons. The average Bonchev–Trinajstić information content (AvgIpc) is 2.46. The van der Waals surface area contributed by atoms with E-state index in [1.807, 2.05) is 36.4 Å². The summed E-state index contributed by atoms with van der Waals surface area (Å²) in [6.45, 7) is 0. The molecule has 2 rings (SSSR count). The van der Waals surface area contributed by atoms with Crippen LogP contribution in [0, 0.1) is 0 Å². The lowest BCUT2D eigenvalue weighted by Crippen LogP contribution is -2.26. The van der Waals surface area contributed by atoms with Gasteiger partial charge in [0.1, 0.15) is 0 Å². The number of hydrogen-bond donors (Lipinski definition) is 0. The van der Waals surface area contributed by atoms with Crippen molar-refractivity contribution in [2.75, 3.05) is 11.9 Å². The summed E-state index contributed by atoms with van der Waals surface area (Å²) in [5.74, 6) is 0.0934. The average molecular weight is 319 g/mol. The Morgan fingerprint density at radius 1 is 1.26 bits per heavy atom. The molecule has 0 unspecified atom stereocenters. The minimum Gasteiger partial charge on any atom is -0.314 e. The van der Waals surface area contributed by atoms with Crippen LogP contribution in [0.25, 0.3) is 0 Å². The fraction of sp³-hybridized carbons (Fsp3) is 0.200. The molecular formula is C15H15BrN2O. The van der Waals surface area contributed by atoms with Crippen LogP contribution >= 0.6 is 15.9 Å². The summed E-state index contributed by atoms with van der Waals surface area (Å²) in [6, 6.07) is 11.7. The van der Waals surface area contributed by atoms with Gasteiger partial charge >= 0.3 is 0 Å². The van der Waals surface area contributed by atoms with Crippen LogP contribution in [-0.4, -0.2) is 17.9 Å². The second-order valence-electron chi connectivity index (χ2n) is 4.29. The Bertz CT molecular complexity index is 540. The number of halogens is 1. The first-order chi connectivity index (χ1) is 9.16. The molecule has 3 nitrogen and oxygen atoms in total. The molecule has 0 aliphatic heterocycles. The monoisotopic (exact) mass is 318 g/mol. The Morgan fingerprint density at radius 2 is 2.00 bits per heavy atom. The van der Waals surface area contributed by atoms with Gasteiger partial charge in [-0.05, 0) is 36.2 Å². The Morgan fingerprint density at radius 3 is 2.63 bits per heavy atom. The summed E-state index contributed by atoms with van der Waals surface area (Å²) in [6.07, 6.45) is 4.63. The second kappa shape index (κ2) is 6.48. The summed E-state index contributed by atoms with van der Waals surface area (Å²) < 4.78 is 1.05. The summed E-state index contributed by atoms with van der Waals surface area (Å²) in [5, 5.41) is 0. The number of benzene rings is 1. The molecule has 0 saturated carbocycles. The number of rotatable bonds is 4. The van der Waals surface area contributed by atoms with E-state index < -0.39 is 0 Å². The molecule has 0 aliphatic rings. The van der Waals surface area contributed by atoms with E-state index in [0.29, 0.717) is 6.42 Å². The highest BCUT2D eigenvalue weighted by atomic mass is 79.9. The highest BCUT2D eigenvalue weighted by Gasteiger charge is 2.10. The first-order valence-corrected chi connectivity index (χ1v) is 6.87. The second-order valence-corrected chi connectivity index (χ2v) is 5.21. The number of nitrogens with zero attached hydrogens (tertiary/aromatic N) is 2. The summed E-state index contributed by atoms with van der Waals surface area (Å²) >= 11 is 3.40. The third-order valence-electron chi connectivity index (χ3n) is 2.95. The number of pyridine rings is 1. The zero-order valence-corrected chi connectivity index (χ0v) is 12.3. The van der Waals surface area contributed by atoms with E-state index in [4.69, 9.17) is 0 Å². The molecule has 1 heterocycles. The van der Waals surface area contributed by atoms with Crippen LogP contribution < -0.4 is 4.90 Å². The van der Waals surface area contributed by atoms with Gasteiger partial charge in [0.2, 0.25) is 5.91 Å². The highest BCUT2D eigenvalue weighted by molar-refractivity contribution is 9.10. The lowest BCUT2D eigenvalue weighted by atomic mass is 10.1. The molecule has 0 spiro atoms. The van der Waals surface area contributed by atoms with Gasteiger partial charge in [-0.3, -0.25) is 9.78 Å². The SMILES string of the molecule is CN(C(=O)CCc1ccc(Br)cc1)c1cccnc1. The Hall–Kier alpha value is -1.68. The van der Waals surface area contributed by atoms with Crippen LogP contribution in [0.3, 0.4) is 0 Å². The molecular weight excluding hydrogens is 304 g/mol. The summed E-state index contributed by atoms with van der Waals surface area (Å²) in [5.41, 5.74) is 1.99. The summed E-state index contributed by atoms with van der Waals surface area (Å²) in [4.78, 5) is 17.7. The van der Waals surface area contributed by atoms with E-state index in [1.54, 1.807) is 24.3 Å². The maximum absolute atomic E-state index is 12.1. The molecule has 1 aromatic carbocycles. The number of aromatic nitrogens is 1. The van der Waals surface area contributed by atoms with Crippen molar-refractivity contribution in [1.82, 2.24) is 4.98 Å². The molecule has 19 heavy (non-hydrogen) atoms. The number of carbonyl (C=O) groups excluding carboxylic acids is 1. The highest BCUT2D eigenvalue weighted by Crippen LogP contribution is 2.14. The van der Waals surface area contributed by atoms with Gasteiger partial charge in [0, 0.05) is 24.1 Å². The molecule has 1 amide bonds. The standard InChI is InChI=1S/C15H15BrN2O/c1-18(14-3-2-10-17-11-14)15(19)9-6-12-4-7-13(16)8-5-12/h2-5,7-8,10-11H,6,9H2,1H3. The van der Waals surface area contributed by atoms with Gasteiger partial charge in [0.05, 0.1) is 11.9 Å². The number of hydrogen-bond acceptors (Lipinski definition) is 2. The lowest BCUT2D eigenvalue weighted by Gasteiger charge is -2.16. The van der Waals surface area contributed by atoms with Crippen molar-refractivity contribution in [2.24, 2.45) is 0 Å². The first kappa shape index (κ1) is 13.7. The van der Waals surface area contributed by atoms with Gasteiger partial charge in [-0.15, -0.1) is 0 Å². The van der Waals surface area contributed by atoms with Crippen LogP contribution in [0.2, 0.25) is 0 Å². The zero-order chi connectivity index (χ0) is 13.7. The lowest BCUT2D eigenvalue weighted by molar-refractivity contribution is -0.118. The van der Waals surface area contributed by atoms with Gasteiger partial charge in [-0.1, -0.05) is 28.1 Å². The molecule has 1 aromatic heterocycles. The van der Waals surface area contributed by atoms with Crippen molar-refractivity contribution in [2.45, 2.75) is 12.8 Å². The van der Waals surface area contributed by atoms with Gasteiger partial charge < -0.3 is 4.90 Å². The zero-order valence-electron chi connectivity index (χ0n) is 10.7. The van der Waals surface area contributed by atoms with Gasteiger partial charge in [0.15, 0.2) is 0 Å². The Kier molecular flexibility index (Phi) is 4.68. The van der Waals surface area contributed by atoms with Crippen molar-refractivity contribution in [1.29, 1.82) is 0 Å². The molecule has 0 aliphatic carbocycles. The van der Waals surface area contributed by atoms with E-state index in [9.17, 15) is 4.79 Å². The quantitative estimate of drug-likeness (QED) is 0.865. The van der Waals surface area contributed by atoms with Gasteiger partial charge in [0.25, 0.3) is 0 Å². The number of carbonyl (C=O) groups is 1. The smallest absolute Gasteiger partial charge is 0.227 e. The van der Waals surface area contributed by atoms with Crippen LogP contribution in [0.4, 0.5) is 5.69 Å². The van der Waals surface area contributed by atoms with Gasteiger partial charge in [-0.2, -0.15) is 0 Å².